The van der Waals surface area contributed by atoms with Gasteiger partial charge in [-0.05, 0) is 68.5 Å². The summed E-state index contributed by atoms with van der Waals surface area (Å²) in [4.78, 5) is 24.8. The minimum atomic E-state index is -0.795. The highest BCUT2D eigenvalue weighted by molar-refractivity contribution is 7.91. The lowest BCUT2D eigenvalue weighted by Crippen LogP contribution is -2.49. The first-order valence-electron chi connectivity index (χ1n) is 14.5. The maximum absolute atomic E-state index is 12.9. The number of thiophene rings is 1. The number of pyridine rings is 1. The van der Waals surface area contributed by atoms with E-state index in [1.807, 2.05) is 24.3 Å². The molecular weight excluding hydrogens is 542 g/mol. The number of piperidine rings is 1. The molecular formula is C30H39N5O3S2. The number of hydrogen-bond donors (Lipinski definition) is 1. The molecule has 0 spiro atoms. The standard InChI is InChI=1S/C30H39N5O3S2/c36-30(35-15-20-40(37)21-16-35)24-4-2-23(3-5-24)27-22-28(29-26(32-27)8-19-39-29)31-9-1-10-33-11-6-25(7-12-33)34-13-17-38-18-14-34/h2-5,8,19,22,25H,1,6-7,9-18,20-21H2,(H,31,32). The number of carbonyl (C=O) groups is 1. The van der Waals surface area contributed by atoms with Crippen molar-refractivity contribution in [2.24, 2.45) is 0 Å². The topological polar surface area (TPSA) is 84.0 Å². The molecule has 6 rings (SSSR count). The van der Waals surface area contributed by atoms with E-state index in [0.717, 1.165) is 74.3 Å². The fourth-order valence-electron chi connectivity index (χ4n) is 6.02. The van der Waals surface area contributed by atoms with Gasteiger partial charge in [-0.25, -0.2) is 4.98 Å². The first kappa shape index (κ1) is 27.9. The van der Waals surface area contributed by atoms with Gasteiger partial charge in [-0.2, -0.15) is 0 Å². The van der Waals surface area contributed by atoms with Gasteiger partial charge in [-0.1, -0.05) is 23.3 Å². The molecule has 0 atom stereocenters. The van der Waals surface area contributed by atoms with Gasteiger partial charge in [0.25, 0.3) is 5.91 Å². The van der Waals surface area contributed by atoms with Crippen molar-refractivity contribution in [3.63, 3.8) is 0 Å². The zero-order valence-corrected chi connectivity index (χ0v) is 24.7. The van der Waals surface area contributed by atoms with Crippen LogP contribution in [0, 0.1) is 0 Å². The van der Waals surface area contributed by atoms with Crippen LogP contribution in [0.4, 0.5) is 5.69 Å². The quantitative estimate of drug-likeness (QED) is 0.320. The predicted molar refractivity (Wildman–Crippen MR) is 164 cm³/mol. The number of benzene rings is 1. The van der Waals surface area contributed by atoms with Crippen molar-refractivity contribution in [1.29, 1.82) is 0 Å². The molecule has 5 heterocycles. The Balaban J connectivity index is 1.03. The second-order valence-electron chi connectivity index (χ2n) is 10.9. The summed E-state index contributed by atoms with van der Waals surface area (Å²) in [5, 5.41) is 5.79. The molecule has 3 aromatic rings. The summed E-state index contributed by atoms with van der Waals surface area (Å²) < 4.78 is 18.3. The van der Waals surface area contributed by atoms with Crippen molar-refractivity contribution in [2.45, 2.75) is 25.3 Å². The average molecular weight is 582 g/mol. The lowest BCUT2D eigenvalue weighted by atomic mass is 10.0. The van der Waals surface area contributed by atoms with Crippen LogP contribution in [0.1, 0.15) is 29.6 Å². The Morgan fingerprint density at radius 1 is 1.05 bits per heavy atom. The van der Waals surface area contributed by atoms with Gasteiger partial charge < -0.3 is 24.4 Å². The Hall–Kier alpha value is -2.21. The molecule has 3 aliphatic heterocycles. The van der Waals surface area contributed by atoms with Gasteiger partial charge in [0, 0.05) is 36.8 Å². The van der Waals surface area contributed by atoms with Crippen LogP contribution in [0.15, 0.2) is 41.8 Å². The van der Waals surface area contributed by atoms with E-state index in [9.17, 15) is 9.35 Å². The van der Waals surface area contributed by atoms with Crippen molar-refractivity contribution in [1.82, 2.24) is 19.7 Å². The molecule has 0 saturated carbocycles. The third-order valence-electron chi connectivity index (χ3n) is 8.39. The minimum absolute atomic E-state index is 0.0113. The smallest absolute Gasteiger partial charge is 0.254 e. The van der Waals surface area contributed by atoms with Crippen molar-refractivity contribution >= 4 is 44.3 Å². The average Bonchev–Trinajstić information content (AvgIpc) is 3.49. The van der Waals surface area contributed by atoms with Gasteiger partial charge in [0.15, 0.2) is 0 Å². The second kappa shape index (κ2) is 13.2. The summed E-state index contributed by atoms with van der Waals surface area (Å²) in [6.45, 7) is 9.48. The van der Waals surface area contributed by atoms with Crippen LogP contribution in [0.5, 0.6) is 0 Å². The van der Waals surface area contributed by atoms with Crippen LogP contribution in [0.2, 0.25) is 0 Å². The number of carbonyl (C=O) groups excluding carboxylic acids is 1. The lowest BCUT2D eigenvalue weighted by Gasteiger charge is -2.40. The van der Waals surface area contributed by atoms with Gasteiger partial charge in [-0.3, -0.25) is 9.69 Å². The predicted octanol–water partition coefficient (Wildman–Crippen LogP) is 3.77. The highest BCUT2D eigenvalue weighted by atomic mass is 32.2. The maximum Gasteiger partial charge on any atom is 0.254 e. The number of amides is 1. The van der Waals surface area contributed by atoms with Gasteiger partial charge in [-0.15, -0.1) is 11.3 Å². The number of likely N-dealkylation sites (tertiary alicyclic amines) is 1. The zero-order valence-electron chi connectivity index (χ0n) is 23.1. The van der Waals surface area contributed by atoms with Crippen LogP contribution in [0.3, 0.4) is 0 Å². The van der Waals surface area contributed by atoms with E-state index in [1.165, 1.54) is 30.6 Å². The van der Waals surface area contributed by atoms with Crippen molar-refractivity contribution in [3.05, 3.63) is 47.3 Å². The highest BCUT2D eigenvalue weighted by Gasteiger charge is 2.26. The van der Waals surface area contributed by atoms with E-state index < -0.39 is 11.2 Å². The normalized spacial score (nSPS) is 20.3. The molecule has 0 aliphatic carbocycles. The lowest BCUT2D eigenvalue weighted by molar-refractivity contribution is 0.000914. The van der Waals surface area contributed by atoms with Crippen LogP contribution in [0.25, 0.3) is 21.5 Å². The van der Waals surface area contributed by atoms with Crippen molar-refractivity contribution in [3.8, 4) is 11.3 Å². The van der Waals surface area contributed by atoms with Crippen LogP contribution >= 0.6 is 11.3 Å². The molecule has 0 bridgehead atoms. The molecule has 1 N–H and O–H groups in total. The Kier molecular flexibility index (Phi) is 9.21. The number of rotatable bonds is 8. The Morgan fingerprint density at radius 2 is 1.80 bits per heavy atom. The summed E-state index contributed by atoms with van der Waals surface area (Å²) >= 11 is 0.924. The largest absolute Gasteiger partial charge is 0.616 e. The number of anilines is 1. The van der Waals surface area contributed by atoms with Crippen molar-refractivity contribution < 1.29 is 14.1 Å². The fraction of sp³-hybridized carbons (Fsp3) is 0.533. The monoisotopic (exact) mass is 581 g/mol. The summed E-state index contributed by atoms with van der Waals surface area (Å²) in [7, 11) is 0. The van der Waals surface area contributed by atoms with E-state index in [2.05, 4.69) is 32.6 Å². The van der Waals surface area contributed by atoms with Crippen LogP contribution in [-0.4, -0.2) is 113 Å². The van der Waals surface area contributed by atoms with E-state index in [0.29, 0.717) is 30.2 Å². The third-order valence-corrected chi connectivity index (χ3v) is 10.6. The van der Waals surface area contributed by atoms with Gasteiger partial charge >= 0.3 is 0 Å². The second-order valence-corrected chi connectivity index (χ2v) is 13.5. The first-order valence-corrected chi connectivity index (χ1v) is 16.9. The van der Waals surface area contributed by atoms with E-state index in [-0.39, 0.29) is 5.91 Å². The molecule has 2 aromatic heterocycles. The molecule has 0 radical (unpaired) electrons. The number of aromatic nitrogens is 1. The molecule has 3 aliphatic rings. The SMILES string of the molecule is O=C(c1ccc(-c2cc(NCCCN3CCC(N4CCOCC4)CC3)c3sccc3n2)cc1)N1CC[S+]([O-])CC1. The fourth-order valence-corrected chi connectivity index (χ4v) is 7.90. The third kappa shape index (κ3) is 6.64. The molecule has 8 nitrogen and oxygen atoms in total. The van der Waals surface area contributed by atoms with E-state index >= 15 is 0 Å². The number of nitrogens with zero attached hydrogens (tertiary/aromatic N) is 4. The number of nitrogens with one attached hydrogen (secondary N) is 1. The number of morpholine rings is 1. The molecule has 40 heavy (non-hydrogen) atoms. The Labute approximate surface area is 243 Å². The molecule has 1 aromatic carbocycles. The molecule has 214 valence electrons. The molecule has 1 amide bonds. The summed E-state index contributed by atoms with van der Waals surface area (Å²) in [6.07, 6.45) is 3.63. The molecule has 3 fully saturated rings. The Morgan fingerprint density at radius 3 is 2.55 bits per heavy atom. The van der Waals surface area contributed by atoms with E-state index in [4.69, 9.17) is 9.72 Å². The van der Waals surface area contributed by atoms with Crippen LogP contribution in [-0.2, 0) is 15.9 Å². The number of hydrogen-bond acceptors (Lipinski definition) is 8. The van der Waals surface area contributed by atoms with Crippen molar-refractivity contribution in [2.75, 3.05) is 82.4 Å². The molecule has 0 unspecified atom stereocenters. The zero-order chi connectivity index (χ0) is 27.3. The Bertz CT molecular complexity index is 1260. The van der Waals surface area contributed by atoms with E-state index in [1.54, 1.807) is 16.2 Å². The summed E-state index contributed by atoms with van der Waals surface area (Å²) in [5.74, 6) is 1.15. The van der Waals surface area contributed by atoms with Gasteiger partial charge in [0.2, 0.25) is 0 Å². The maximum atomic E-state index is 12.9. The summed E-state index contributed by atoms with van der Waals surface area (Å²) in [5.41, 5.74) is 4.70. The van der Waals surface area contributed by atoms with Gasteiger partial charge in [0.05, 0.1) is 47.9 Å². The number of ether oxygens (including phenoxy) is 1. The minimum Gasteiger partial charge on any atom is -0.616 e. The number of fused-ring (bicyclic) bond motifs is 1. The van der Waals surface area contributed by atoms with Crippen LogP contribution < -0.4 is 5.32 Å². The molecule has 10 heteroatoms. The summed E-state index contributed by atoms with van der Waals surface area (Å²) in [6, 6.07) is 12.7. The van der Waals surface area contributed by atoms with Gasteiger partial charge in [0.1, 0.15) is 11.5 Å². The molecule has 3 saturated heterocycles. The first-order chi connectivity index (χ1) is 19.6. The highest BCUT2D eigenvalue weighted by Crippen LogP contribution is 2.32.